The molecule has 0 heterocycles. The minimum Gasteiger partial charge on any atom is -0.0877 e. The Bertz CT molecular complexity index is 309. The van der Waals surface area contributed by atoms with Gasteiger partial charge in [-0.3, -0.25) is 0 Å². The van der Waals surface area contributed by atoms with Gasteiger partial charge in [-0.1, -0.05) is 76.2 Å². The summed E-state index contributed by atoms with van der Waals surface area (Å²) < 4.78 is 0. The van der Waals surface area contributed by atoms with Crippen molar-refractivity contribution in [1.82, 2.24) is 0 Å². The van der Waals surface area contributed by atoms with Crippen LogP contribution in [0.15, 0.2) is 24.3 Å². The molecule has 114 valence electrons. The van der Waals surface area contributed by atoms with Crippen molar-refractivity contribution in [1.29, 1.82) is 0 Å². The molecule has 0 spiro atoms. The molecule has 2 saturated carbocycles. The van der Waals surface area contributed by atoms with E-state index in [2.05, 4.69) is 38.2 Å². The first-order chi connectivity index (χ1) is 9.80. The van der Waals surface area contributed by atoms with E-state index in [4.69, 9.17) is 0 Å². The average Bonchev–Trinajstić information content (AvgIpc) is 2.50. The van der Waals surface area contributed by atoms with Gasteiger partial charge in [0.05, 0.1) is 0 Å². The molecule has 0 atom stereocenters. The Labute approximate surface area is 126 Å². The highest BCUT2D eigenvalue weighted by Crippen LogP contribution is 2.50. The molecule has 0 aliphatic heterocycles. The number of hydrogen-bond acceptors (Lipinski definition) is 0. The van der Waals surface area contributed by atoms with Gasteiger partial charge in [0.2, 0.25) is 0 Å². The summed E-state index contributed by atoms with van der Waals surface area (Å²) in [5.74, 6) is 2.01. The summed E-state index contributed by atoms with van der Waals surface area (Å²) in [5.41, 5.74) is 0.551. The molecule has 0 amide bonds. The van der Waals surface area contributed by atoms with Crippen LogP contribution in [-0.2, 0) is 0 Å². The van der Waals surface area contributed by atoms with E-state index in [1.807, 2.05) is 0 Å². The molecule has 2 aliphatic rings. The van der Waals surface area contributed by atoms with E-state index < -0.39 is 0 Å². The first kappa shape index (κ1) is 15.9. The van der Waals surface area contributed by atoms with Crippen molar-refractivity contribution in [3.8, 4) is 0 Å². The largest absolute Gasteiger partial charge is 0.0877 e. The highest BCUT2D eigenvalue weighted by Gasteiger charge is 2.38. The summed E-state index contributed by atoms with van der Waals surface area (Å²) in [6.45, 7) is 4.46. The predicted octanol–water partition coefficient (Wildman–Crippen LogP) is 6.68. The molecule has 0 saturated heterocycles. The van der Waals surface area contributed by atoms with Crippen LogP contribution in [0.3, 0.4) is 0 Å². The fourth-order valence-corrected chi connectivity index (χ4v) is 4.71. The highest BCUT2D eigenvalue weighted by molar-refractivity contribution is 5.11. The van der Waals surface area contributed by atoms with Crippen molar-refractivity contribution < 1.29 is 0 Å². The number of allylic oxidation sites excluding steroid dienone is 4. The highest BCUT2D eigenvalue weighted by atomic mass is 14.4. The van der Waals surface area contributed by atoms with Crippen molar-refractivity contribution in [2.75, 3.05) is 0 Å². The fraction of sp³-hybridized carbons (Fsp3) is 0.800. The van der Waals surface area contributed by atoms with Crippen molar-refractivity contribution >= 4 is 0 Å². The van der Waals surface area contributed by atoms with E-state index in [1.54, 1.807) is 0 Å². The van der Waals surface area contributed by atoms with Crippen LogP contribution in [0.25, 0.3) is 0 Å². The molecule has 0 nitrogen and oxygen atoms in total. The minimum absolute atomic E-state index is 0.551. The predicted molar refractivity (Wildman–Crippen MR) is 89.8 cm³/mol. The monoisotopic (exact) mass is 274 g/mol. The standard InChI is InChI=1S/C20H34/c1-3-5-7-15-20(16-8-6-9-17-20)19-13-11-18(10-4-2)12-14-19/h3,5,7,15,18-19H,4,6,8-14,16-17H2,1-2H3/t18-,19-. The van der Waals surface area contributed by atoms with Gasteiger partial charge in [0, 0.05) is 0 Å². The van der Waals surface area contributed by atoms with Crippen molar-refractivity contribution in [3.05, 3.63) is 24.3 Å². The van der Waals surface area contributed by atoms with E-state index in [9.17, 15) is 0 Å². The van der Waals surface area contributed by atoms with E-state index in [0.29, 0.717) is 5.41 Å². The third-order valence-electron chi connectivity index (χ3n) is 5.87. The lowest BCUT2D eigenvalue weighted by molar-refractivity contribution is 0.0990. The molecule has 0 unspecified atom stereocenters. The van der Waals surface area contributed by atoms with Gasteiger partial charge in [0.15, 0.2) is 0 Å². The first-order valence-corrected chi connectivity index (χ1v) is 9.11. The summed E-state index contributed by atoms with van der Waals surface area (Å²) >= 11 is 0. The van der Waals surface area contributed by atoms with Gasteiger partial charge in [-0.05, 0) is 49.9 Å². The Balaban J connectivity index is 2.00. The van der Waals surface area contributed by atoms with Crippen LogP contribution < -0.4 is 0 Å². The summed E-state index contributed by atoms with van der Waals surface area (Å²) in [7, 11) is 0. The molecular weight excluding hydrogens is 240 g/mol. The lowest BCUT2D eigenvalue weighted by Gasteiger charge is -2.45. The molecule has 0 bridgehead atoms. The van der Waals surface area contributed by atoms with E-state index in [1.165, 1.54) is 70.6 Å². The Kier molecular flexibility index (Phi) is 6.39. The van der Waals surface area contributed by atoms with E-state index >= 15 is 0 Å². The molecule has 2 fully saturated rings. The molecule has 0 N–H and O–H groups in total. The fourth-order valence-electron chi connectivity index (χ4n) is 4.71. The zero-order chi connectivity index (χ0) is 14.3. The summed E-state index contributed by atoms with van der Waals surface area (Å²) in [5, 5.41) is 0. The van der Waals surface area contributed by atoms with Crippen LogP contribution in [0.1, 0.15) is 84.5 Å². The van der Waals surface area contributed by atoms with Crippen LogP contribution in [0.2, 0.25) is 0 Å². The van der Waals surface area contributed by atoms with Gasteiger partial charge in [-0.2, -0.15) is 0 Å². The molecule has 2 aliphatic carbocycles. The Hall–Kier alpha value is -0.520. The van der Waals surface area contributed by atoms with Crippen LogP contribution in [0.4, 0.5) is 0 Å². The molecule has 0 aromatic rings. The quantitative estimate of drug-likeness (QED) is 0.491. The zero-order valence-corrected chi connectivity index (χ0v) is 13.7. The third-order valence-corrected chi connectivity index (χ3v) is 5.87. The Morgan fingerprint density at radius 3 is 2.25 bits per heavy atom. The molecule has 0 radical (unpaired) electrons. The smallest absolute Gasteiger partial charge is 0.00869 e. The number of hydrogen-bond donors (Lipinski definition) is 0. The molecule has 2 rings (SSSR count). The topological polar surface area (TPSA) is 0 Å². The van der Waals surface area contributed by atoms with Gasteiger partial charge >= 0.3 is 0 Å². The van der Waals surface area contributed by atoms with Gasteiger partial charge in [-0.25, -0.2) is 0 Å². The minimum atomic E-state index is 0.551. The van der Waals surface area contributed by atoms with Crippen LogP contribution in [0.5, 0.6) is 0 Å². The second-order valence-electron chi connectivity index (χ2n) is 7.19. The Morgan fingerprint density at radius 1 is 0.950 bits per heavy atom. The van der Waals surface area contributed by atoms with Gasteiger partial charge in [-0.15, -0.1) is 0 Å². The second-order valence-corrected chi connectivity index (χ2v) is 7.19. The maximum atomic E-state index is 2.59. The average molecular weight is 274 g/mol. The second kappa shape index (κ2) is 8.05. The molecule has 20 heavy (non-hydrogen) atoms. The summed E-state index contributed by atoms with van der Waals surface area (Å²) in [4.78, 5) is 0. The zero-order valence-electron chi connectivity index (χ0n) is 13.7. The number of rotatable bonds is 5. The SMILES string of the molecule is CC=CC=CC1([C@H]2CC[C@H](CCC)CC2)CCCCC1. The van der Waals surface area contributed by atoms with Gasteiger partial charge in [0.25, 0.3) is 0 Å². The Morgan fingerprint density at radius 2 is 1.65 bits per heavy atom. The maximum Gasteiger partial charge on any atom is -0.00869 e. The van der Waals surface area contributed by atoms with Crippen molar-refractivity contribution in [2.45, 2.75) is 84.5 Å². The van der Waals surface area contributed by atoms with Crippen molar-refractivity contribution in [3.63, 3.8) is 0 Å². The van der Waals surface area contributed by atoms with Crippen molar-refractivity contribution in [2.24, 2.45) is 17.3 Å². The van der Waals surface area contributed by atoms with Gasteiger partial charge in [0.1, 0.15) is 0 Å². The summed E-state index contributed by atoms with van der Waals surface area (Å²) in [6.07, 6.45) is 25.4. The van der Waals surface area contributed by atoms with Crippen LogP contribution in [0, 0.1) is 17.3 Å². The third kappa shape index (κ3) is 3.99. The molecule has 0 aromatic heterocycles. The lowest BCUT2D eigenvalue weighted by atomic mass is 9.60. The summed E-state index contributed by atoms with van der Waals surface area (Å²) in [6, 6.07) is 0. The maximum absolute atomic E-state index is 2.59. The van der Waals surface area contributed by atoms with Crippen LogP contribution >= 0.6 is 0 Å². The molecular formula is C20H34. The molecule has 0 heteroatoms. The lowest BCUT2D eigenvalue weighted by Crippen LogP contribution is -2.34. The van der Waals surface area contributed by atoms with Crippen LogP contribution in [-0.4, -0.2) is 0 Å². The van der Waals surface area contributed by atoms with E-state index in [0.717, 1.165) is 11.8 Å². The van der Waals surface area contributed by atoms with Gasteiger partial charge < -0.3 is 0 Å². The molecule has 0 aromatic carbocycles. The first-order valence-electron chi connectivity index (χ1n) is 9.11. The van der Waals surface area contributed by atoms with E-state index in [-0.39, 0.29) is 0 Å². The normalized spacial score (nSPS) is 31.1.